The predicted molar refractivity (Wildman–Crippen MR) is 126 cm³/mol. The van der Waals surface area contributed by atoms with Crippen molar-refractivity contribution >= 4 is 0 Å². The summed E-state index contributed by atoms with van der Waals surface area (Å²) in [6.07, 6.45) is -7.89. The van der Waals surface area contributed by atoms with Crippen molar-refractivity contribution in [3.8, 4) is 34.5 Å². The standard InChI is InChI=1S/C26H28O13/c27-5-18-19(29)20(30)21(31)26(39-18)38-17-4-11(3-16-25(17)37-9-35-16)23-13-7-32-22(12(13)6-33-23)10-1-14(28)24-15(2-10)34-8-36-24/h1-4,12-13,18-23,26-31H,5-9H2/t12-,13+,18-,19-,20+,21-,22-,23+,26+/m1/s1. The predicted octanol–water partition coefficient (Wildman–Crippen LogP) is 0.103. The molecule has 0 amide bonds. The van der Waals surface area contributed by atoms with Crippen LogP contribution in [0.25, 0.3) is 0 Å². The van der Waals surface area contributed by atoms with Crippen LogP contribution in [0.2, 0.25) is 0 Å². The second-order valence-corrected chi connectivity index (χ2v) is 10.2. The maximum atomic E-state index is 10.5. The largest absolute Gasteiger partial charge is 0.504 e. The van der Waals surface area contributed by atoms with E-state index in [1.54, 1.807) is 18.2 Å². The lowest BCUT2D eigenvalue weighted by atomic mass is 9.84. The first-order valence-electron chi connectivity index (χ1n) is 12.7. The van der Waals surface area contributed by atoms with Gasteiger partial charge in [0, 0.05) is 11.8 Å². The highest BCUT2D eigenvalue weighted by atomic mass is 16.7. The van der Waals surface area contributed by atoms with Crippen molar-refractivity contribution in [3.63, 3.8) is 0 Å². The number of rotatable bonds is 5. The Labute approximate surface area is 221 Å². The minimum Gasteiger partial charge on any atom is -0.504 e. The van der Waals surface area contributed by atoms with Crippen molar-refractivity contribution in [1.29, 1.82) is 0 Å². The van der Waals surface area contributed by atoms with Crippen LogP contribution < -0.4 is 23.7 Å². The van der Waals surface area contributed by atoms with Gasteiger partial charge in [0.2, 0.25) is 31.4 Å². The van der Waals surface area contributed by atoms with E-state index < -0.39 is 37.3 Å². The van der Waals surface area contributed by atoms with E-state index in [0.29, 0.717) is 36.2 Å². The highest BCUT2D eigenvalue weighted by Gasteiger charge is 2.49. The Morgan fingerprint density at radius 3 is 2.03 bits per heavy atom. The zero-order valence-corrected chi connectivity index (χ0v) is 20.5. The second kappa shape index (κ2) is 9.55. The molecule has 13 heteroatoms. The van der Waals surface area contributed by atoms with Crippen LogP contribution in [0.5, 0.6) is 34.5 Å². The molecule has 7 rings (SSSR count). The minimum absolute atomic E-state index is 0.00462. The molecule has 3 saturated heterocycles. The van der Waals surface area contributed by atoms with Crippen molar-refractivity contribution in [2.75, 3.05) is 33.4 Å². The lowest BCUT2D eigenvalue weighted by molar-refractivity contribution is -0.277. The van der Waals surface area contributed by atoms with Gasteiger partial charge in [0.15, 0.2) is 23.0 Å². The van der Waals surface area contributed by atoms with E-state index in [9.17, 15) is 25.5 Å². The fourth-order valence-electron chi connectivity index (χ4n) is 5.95. The number of ether oxygens (including phenoxy) is 8. The van der Waals surface area contributed by atoms with E-state index >= 15 is 0 Å². The number of aliphatic hydroxyl groups is 4. The van der Waals surface area contributed by atoms with Crippen LogP contribution in [-0.4, -0.2) is 89.6 Å². The number of hydrogen-bond donors (Lipinski definition) is 5. The molecular formula is C26H28O13. The fraction of sp³-hybridized carbons (Fsp3) is 0.538. The minimum atomic E-state index is -1.59. The highest BCUT2D eigenvalue weighted by Crippen LogP contribution is 2.54. The van der Waals surface area contributed by atoms with Crippen LogP contribution >= 0.6 is 0 Å². The topological polar surface area (TPSA) is 175 Å². The SMILES string of the molecule is OC[C@H]1O[C@H](Oc2cc([C@@H]3OC[C@@H]4[C@@H]3CO[C@@H]4c3cc(O)c4c(c3)OCO4)cc3c2OCO3)[C@H](O)[C@@H](O)[C@@H]1O. The molecule has 2 aromatic carbocycles. The van der Waals surface area contributed by atoms with Gasteiger partial charge in [0.1, 0.15) is 24.4 Å². The first-order valence-corrected chi connectivity index (χ1v) is 12.7. The molecule has 0 radical (unpaired) electrons. The Hall–Kier alpha value is -3.04. The average molecular weight is 548 g/mol. The molecule has 5 aliphatic rings. The molecule has 5 heterocycles. The normalized spacial score (nSPS) is 36.3. The summed E-state index contributed by atoms with van der Waals surface area (Å²) in [6.45, 7) is 0.246. The Morgan fingerprint density at radius 2 is 1.36 bits per heavy atom. The van der Waals surface area contributed by atoms with Gasteiger partial charge in [-0.05, 0) is 35.4 Å². The maximum Gasteiger partial charge on any atom is 0.231 e. The lowest BCUT2D eigenvalue weighted by Gasteiger charge is -2.39. The summed E-state index contributed by atoms with van der Waals surface area (Å²) >= 11 is 0. The van der Waals surface area contributed by atoms with Crippen LogP contribution in [0.4, 0.5) is 0 Å². The Bertz CT molecular complexity index is 1250. The molecule has 0 bridgehead atoms. The molecule has 0 unspecified atom stereocenters. The van der Waals surface area contributed by atoms with Gasteiger partial charge in [-0.15, -0.1) is 0 Å². The zero-order chi connectivity index (χ0) is 26.8. The quantitative estimate of drug-likeness (QED) is 0.341. The number of aliphatic hydroxyl groups excluding tert-OH is 4. The van der Waals surface area contributed by atoms with Crippen molar-refractivity contribution in [2.24, 2.45) is 11.8 Å². The number of fused-ring (bicyclic) bond motifs is 3. The molecule has 2 aromatic rings. The lowest BCUT2D eigenvalue weighted by Crippen LogP contribution is -2.60. The highest BCUT2D eigenvalue weighted by molar-refractivity contribution is 5.56. The van der Waals surface area contributed by atoms with E-state index in [4.69, 9.17) is 37.9 Å². The van der Waals surface area contributed by atoms with Crippen molar-refractivity contribution in [1.82, 2.24) is 0 Å². The third kappa shape index (κ3) is 4.04. The Balaban J connectivity index is 1.14. The van der Waals surface area contributed by atoms with E-state index in [1.807, 2.05) is 6.07 Å². The van der Waals surface area contributed by atoms with Gasteiger partial charge in [0.05, 0.1) is 32.0 Å². The summed E-state index contributed by atoms with van der Waals surface area (Å²) in [5.74, 6) is 1.65. The van der Waals surface area contributed by atoms with Gasteiger partial charge >= 0.3 is 0 Å². The van der Waals surface area contributed by atoms with Crippen molar-refractivity contribution in [3.05, 3.63) is 35.4 Å². The summed E-state index contributed by atoms with van der Waals surface area (Å²) in [4.78, 5) is 0. The molecule has 0 aromatic heterocycles. The third-order valence-corrected chi connectivity index (χ3v) is 7.95. The zero-order valence-electron chi connectivity index (χ0n) is 20.5. The Kier molecular flexibility index (Phi) is 6.12. The molecular weight excluding hydrogens is 520 g/mol. The van der Waals surface area contributed by atoms with Crippen LogP contribution in [0.1, 0.15) is 23.3 Å². The molecule has 0 saturated carbocycles. The molecule has 13 nitrogen and oxygen atoms in total. The number of phenolic OH excluding ortho intramolecular Hbond substituents is 1. The van der Waals surface area contributed by atoms with Crippen molar-refractivity contribution < 1.29 is 63.4 Å². The summed E-state index contributed by atoms with van der Waals surface area (Å²) < 4.78 is 45.8. The van der Waals surface area contributed by atoms with E-state index in [0.717, 1.165) is 11.1 Å². The van der Waals surface area contributed by atoms with Crippen LogP contribution in [0.15, 0.2) is 24.3 Å². The summed E-state index contributed by atoms with van der Waals surface area (Å²) in [6, 6.07) is 6.94. The van der Waals surface area contributed by atoms with Gasteiger partial charge in [-0.25, -0.2) is 0 Å². The van der Waals surface area contributed by atoms with E-state index in [2.05, 4.69) is 0 Å². The van der Waals surface area contributed by atoms with E-state index in [1.165, 1.54) is 0 Å². The first kappa shape index (κ1) is 25.0. The van der Waals surface area contributed by atoms with Gasteiger partial charge in [0.25, 0.3) is 0 Å². The summed E-state index contributed by atoms with van der Waals surface area (Å²) in [5.41, 5.74) is 1.50. The molecule has 210 valence electrons. The smallest absolute Gasteiger partial charge is 0.231 e. The monoisotopic (exact) mass is 548 g/mol. The molecule has 5 N–H and O–H groups in total. The number of phenols is 1. The summed E-state index contributed by atoms with van der Waals surface area (Å²) in [7, 11) is 0. The Morgan fingerprint density at radius 1 is 0.744 bits per heavy atom. The van der Waals surface area contributed by atoms with Crippen LogP contribution in [0.3, 0.4) is 0 Å². The number of hydrogen-bond acceptors (Lipinski definition) is 13. The molecule has 0 spiro atoms. The van der Waals surface area contributed by atoms with Gasteiger partial charge in [-0.1, -0.05) is 0 Å². The van der Waals surface area contributed by atoms with Gasteiger partial charge in [-0.3, -0.25) is 0 Å². The van der Waals surface area contributed by atoms with E-state index in [-0.39, 0.29) is 49.1 Å². The first-order chi connectivity index (χ1) is 18.9. The molecule has 9 atom stereocenters. The maximum absolute atomic E-state index is 10.5. The number of aromatic hydroxyl groups is 1. The van der Waals surface area contributed by atoms with Crippen LogP contribution in [0, 0.1) is 11.8 Å². The molecule has 39 heavy (non-hydrogen) atoms. The molecule has 3 fully saturated rings. The van der Waals surface area contributed by atoms with Crippen LogP contribution in [-0.2, 0) is 14.2 Å². The van der Waals surface area contributed by atoms with Gasteiger partial charge < -0.3 is 63.4 Å². The fourth-order valence-corrected chi connectivity index (χ4v) is 5.95. The molecule has 5 aliphatic heterocycles. The summed E-state index contributed by atoms with van der Waals surface area (Å²) in [5, 5.41) is 50.6. The second-order valence-electron chi connectivity index (χ2n) is 10.2. The average Bonchev–Trinajstić information content (AvgIpc) is 3.72. The molecule has 0 aliphatic carbocycles. The third-order valence-electron chi connectivity index (χ3n) is 7.95. The number of benzene rings is 2. The van der Waals surface area contributed by atoms with Gasteiger partial charge in [-0.2, -0.15) is 0 Å². The van der Waals surface area contributed by atoms with Crippen molar-refractivity contribution in [2.45, 2.75) is 42.9 Å².